The molecular weight excluding hydrogens is 1410 g/mol. The van der Waals surface area contributed by atoms with Gasteiger partial charge in [0.05, 0.1) is 73.3 Å². The van der Waals surface area contributed by atoms with Gasteiger partial charge in [0.15, 0.2) is 0 Å². The van der Waals surface area contributed by atoms with Gasteiger partial charge in [-0.3, -0.25) is 28.8 Å². The van der Waals surface area contributed by atoms with E-state index in [0.29, 0.717) is 3.57 Å². The Labute approximate surface area is 396 Å². The fourth-order valence-corrected chi connectivity index (χ4v) is 13.9. The second-order valence-electron chi connectivity index (χ2n) is 11.7. The van der Waals surface area contributed by atoms with Crippen LogP contribution in [0.5, 0.6) is 0 Å². The molecule has 1 heterocycles. The molecule has 24 heteroatoms. The van der Waals surface area contributed by atoms with Crippen molar-refractivity contribution in [1.29, 1.82) is 0 Å². The molecule has 0 saturated carbocycles. The van der Waals surface area contributed by atoms with E-state index in [1.165, 1.54) is 21.7 Å². The minimum Gasteiger partial charge on any atom is -0.394 e. The Bertz CT molecular complexity index is 1860. The van der Waals surface area contributed by atoms with Gasteiger partial charge in [0, 0.05) is 53.5 Å². The molecule has 2 aromatic carbocycles. The van der Waals surface area contributed by atoms with Crippen LogP contribution in [-0.2, 0) is 9.59 Å². The molecule has 1 saturated heterocycles. The number of piperazine rings is 1. The summed E-state index contributed by atoms with van der Waals surface area (Å²) in [6.45, 7) is -3.32. The number of aliphatic hydroxyl groups excluding tert-OH is 6. The summed E-state index contributed by atoms with van der Waals surface area (Å²) in [4.78, 5) is 84.2. The second kappa shape index (κ2) is 22.1. The van der Waals surface area contributed by atoms with Crippen LogP contribution in [0.4, 0.5) is 11.4 Å². The highest BCUT2D eigenvalue weighted by Gasteiger charge is 2.36. The molecule has 2 aromatic rings. The van der Waals surface area contributed by atoms with Gasteiger partial charge in [-0.15, -0.1) is 0 Å². The van der Waals surface area contributed by atoms with Crippen LogP contribution in [0.15, 0.2) is 0 Å². The molecule has 0 aliphatic carbocycles. The van der Waals surface area contributed by atoms with Gasteiger partial charge < -0.3 is 61.3 Å². The molecule has 9 N–H and O–H groups in total. The highest BCUT2D eigenvalue weighted by Crippen LogP contribution is 2.39. The van der Waals surface area contributed by atoms with Crippen molar-refractivity contribution in [3.8, 4) is 0 Å². The van der Waals surface area contributed by atoms with E-state index in [1.807, 2.05) is 136 Å². The van der Waals surface area contributed by atoms with E-state index in [4.69, 9.17) is 0 Å². The Morgan fingerprint density at radius 1 is 0.618 bits per heavy atom. The fourth-order valence-electron chi connectivity index (χ4n) is 5.11. The highest BCUT2D eigenvalue weighted by atomic mass is 127. The average molecular weight is 1440 g/mol. The minimum absolute atomic E-state index is 0.0194. The van der Waals surface area contributed by atoms with E-state index in [2.05, 4.69) is 16.0 Å². The lowest BCUT2D eigenvalue weighted by Gasteiger charge is -2.36. The smallest absolute Gasteiger partial charge is 0.256 e. The lowest BCUT2D eigenvalue weighted by Crippen LogP contribution is -2.51. The molecule has 0 spiro atoms. The van der Waals surface area contributed by atoms with Crippen LogP contribution in [0.2, 0.25) is 0 Å². The van der Waals surface area contributed by atoms with Gasteiger partial charge >= 0.3 is 0 Å². The van der Waals surface area contributed by atoms with Crippen molar-refractivity contribution in [3.05, 3.63) is 43.7 Å². The number of rotatable bonds is 14. The van der Waals surface area contributed by atoms with Gasteiger partial charge in [0.25, 0.3) is 23.6 Å². The van der Waals surface area contributed by atoms with Crippen molar-refractivity contribution in [1.82, 2.24) is 20.0 Å². The zero-order chi connectivity index (χ0) is 41.5. The summed E-state index contributed by atoms with van der Waals surface area (Å²) in [6, 6.07) is 0. The fraction of sp³-hybridized carbons (Fsp3) is 0.419. The first-order chi connectivity index (χ1) is 25.9. The van der Waals surface area contributed by atoms with Gasteiger partial charge in [-0.2, -0.15) is 0 Å². The molecule has 0 bridgehead atoms. The zero-order valence-corrected chi connectivity index (χ0v) is 41.4. The lowest BCUT2D eigenvalue weighted by molar-refractivity contribution is -0.119. The number of nitrogens with zero attached hydrogens (tertiary/aromatic N) is 3. The van der Waals surface area contributed by atoms with E-state index in [-0.39, 0.29) is 90.7 Å². The SMILES string of the molecule is CN(CC(O)CO)C(=O)c1c(I)c(NC(=O)CO)c(I)c(C(=O)N2CCN(C(=O)c3c(I)c(NC(=O)CO)c(I)c(C(=O)NCC(O)CO)c3I)CC2)c1I. The van der Waals surface area contributed by atoms with Crippen molar-refractivity contribution in [2.24, 2.45) is 0 Å². The molecule has 2 unspecified atom stereocenters. The predicted molar refractivity (Wildman–Crippen MR) is 248 cm³/mol. The average Bonchev–Trinajstić information content (AvgIpc) is 3.16. The van der Waals surface area contributed by atoms with Crippen molar-refractivity contribution in [3.63, 3.8) is 0 Å². The molecule has 302 valence electrons. The Morgan fingerprint density at radius 3 is 1.40 bits per heavy atom. The van der Waals surface area contributed by atoms with E-state index in [1.54, 1.807) is 0 Å². The third kappa shape index (κ3) is 11.6. The number of nitrogens with one attached hydrogen (secondary N) is 3. The molecule has 18 nitrogen and oxygen atoms in total. The van der Waals surface area contributed by atoms with Crippen LogP contribution < -0.4 is 16.0 Å². The van der Waals surface area contributed by atoms with Gasteiger partial charge in [-0.05, 0) is 136 Å². The van der Waals surface area contributed by atoms with Gasteiger partial charge in [-0.1, -0.05) is 0 Å². The molecular formula is C31H34I6N6O12. The van der Waals surface area contributed by atoms with Crippen molar-refractivity contribution in [2.75, 3.05) is 83.4 Å². The van der Waals surface area contributed by atoms with Crippen molar-refractivity contribution < 1.29 is 59.4 Å². The Hall–Kier alpha value is -0.600. The number of likely N-dealkylation sites (N-methyl/N-ethyl adjacent to an activating group) is 1. The molecule has 1 aliphatic rings. The molecule has 0 radical (unpaired) electrons. The maximum absolute atomic E-state index is 14.3. The number of halogens is 6. The number of aliphatic hydroxyl groups is 6. The molecule has 6 amide bonds. The number of benzene rings is 2. The van der Waals surface area contributed by atoms with Crippen LogP contribution in [0.3, 0.4) is 0 Å². The second-order valence-corrected chi connectivity index (χ2v) is 18.2. The summed E-state index contributed by atoms with van der Waals surface area (Å²) in [5, 5.41) is 64.7. The van der Waals surface area contributed by atoms with Gasteiger partial charge in [0.2, 0.25) is 11.8 Å². The van der Waals surface area contributed by atoms with E-state index in [0.717, 1.165) is 0 Å². The summed E-state index contributed by atoms with van der Waals surface area (Å²) in [5.41, 5.74) is 0.465. The Kier molecular flexibility index (Phi) is 19.6. The van der Waals surface area contributed by atoms with Crippen LogP contribution >= 0.6 is 136 Å². The van der Waals surface area contributed by atoms with Crippen LogP contribution in [0.25, 0.3) is 0 Å². The standard InChI is InChI=1S/C31H34I6N6O12/c1-41(7-13(49)9-45)29(53)17-21(33)19(25(37)27(23(17)35)40-15(51)11-47)31(55)43-4-2-42(3-5-43)30(54)18-20(32)16(28(52)38-6-12(48)8-44)22(34)26(24(18)36)39-14(50)10-46/h12-13,44-49H,2-11H2,1H3,(H,38,52)(H,39,50)(H,40,51). The Morgan fingerprint density at radius 2 is 1.00 bits per heavy atom. The van der Waals surface area contributed by atoms with Crippen molar-refractivity contribution in [2.45, 2.75) is 12.2 Å². The quantitative estimate of drug-likeness (QED) is 0.116. The van der Waals surface area contributed by atoms with Crippen molar-refractivity contribution >= 4 is 182 Å². The summed E-state index contributed by atoms with van der Waals surface area (Å²) < 4.78 is 1.62. The van der Waals surface area contributed by atoms with E-state index in [9.17, 15) is 59.4 Å². The summed E-state index contributed by atoms with van der Waals surface area (Å²) in [7, 11) is 1.41. The molecule has 3 rings (SSSR count). The normalized spacial score (nSPS) is 13.9. The maximum atomic E-state index is 14.3. The van der Waals surface area contributed by atoms with Crippen LogP contribution in [0.1, 0.15) is 41.4 Å². The number of carbonyl (C=O) groups is 6. The number of hydrogen-bond donors (Lipinski definition) is 9. The summed E-state index contributed by atoms with van der Waals surface area (Å²) in [6.07, 6.45) is -2.47. The highest BCUT2D eigenvalue weighted by molar-refractivity contribution is 14.1. The first-order valence-corrected chi connectivity index (χ1v) is 22.3. The van der Waals surface area contributed by atoms with Crippen LogP contribution in [0, 0.1) is 21.4 Å². The third-order valence-electron chi connectivity index (χ3n) is 7.92. The largest absolute Gasteiger partial charge is 0.394 e. The number of carbonyl (C=O) groups excluding carboxylic acids is 6. The van der Waals surface area contributed by atoms with E-state index < -0.39 is 74.1 Å². The maximum Gasteiger partial charge on any atom is 0.256 e. The topological polar surface area (TPSA) is 270 Å². The molecule has 1 aliphatic heterocycles. The minimum atomic E-state index is -1.24. The number of amides is 6. The predicted octanol–water partition coefficient (Wildman–Crippen LogP) is 0.282. The molecule has 1 fully saturated rings. The lowest BCUT2D eigenvalue weighted by atomic mass is 10.0. The van der Waals surface area contributed by atoms with E-state index >= 15 is 0 Å². The van der Waals surface area contributed by atoms with Gasteiger partial charge in [-0.25, -0.2) is 0 Å². The number of anilines is 2. The Balaban J connectivity index is 2.02. The molecule has 2 atom stereocenters. The monoisotopic (exact) mass is 1440 g/mol. The summed E-state index contributed by atoms with van der Waals surface area (Å²) in [5.74, 6) is -3.90. The first kappa shape index (κ1) is 48.8. The third-order valence-corrected chi connectivity index (χ3v) is 14.4. The van der Waals surface area contributed by atoms with Crippen LogP contribution in [-0.4, -0.2) is 166 Å². The zero-order valence-electron chi connectivity index (χ0n) is 28.5. The first-order valence-electron chi connectivity index (χ1n) is 15.8. The van der Waals surface area contributed by atoms with Gasteiger partial charge in [0.1, 0.15) is 13.2 Å². The molecule has 55 heavy (non-hydrogen) atoms. The number of hydrogen-bond acceptors (Lipinski definition) is 12. The summed E-state index contributed by atoms with van der Waals surface area (Å²) >= 11 is 11.2. The molecule has 0 aromatic heterocycles.